The number of fused-ring (bicyclic) bond motifs is 1. The van der Waals surface area contributed by atoms with E-state index in [2.05, 4.69) is 23.4 Å². The molecule has 0 aliphatic rings. The van der Waals surface area contributed by atoms with Gasteiger partial charge in [-0.2, -0.15) is 0 Å². The average molecular weight is 281 g/mol. The molecule has 3 rings (SSSR count). The molecule has 0 amide bonds. The molecule has 0 radical (unpaired) electrons. The third kappa shape index (κ3) is 2.89. The van der Waals surface area contributed by atoms with E-state index in [1.165, 1.54) is 0 Å². The van der Waals surface area contributed by atoms with Crippen LogP contribution >= 0.6 is 0 Å². The maximum absolute atomic E-state index is 9.38. The predicted molar refractivity (Wildman–Crippen MR) is 83.3 cm³/mol. The number of hydrogen-bond donors (Lipinski definition) is 1. The van der Waals surface area contributed by atoms with Crippen molar-refractivity contribution in [2.75, 3.05) is 0 Å². The number of benzene rings is 1. The van der Waals surface area contributed by atoms with Crippen LogP contribution in [-0.2, 0) is 13.0 Å². The van der Waals surface area contributed by atoms with Crippen molar-refractivity contribution in [2.24, 2.45) is 5.92 Å². The molecule has 0 unspecified atom stereocenters. The summed E-state index contributed by atoms with van der Waals surface area (Å²) in [6.07, 6.45) is 2.55. The molecule has 0 saturated heterocycles. The smallest absolute Gasteiger partial charge is 0.160 e. The zero-order valence-electron chi connectivity index (χ0n) is 12.3. The molecule has 4 nitrogen and oxygen atoms in total. The van der Waals surface area contributed by atoms with Crippen molar-refractivity contribution in [3.8, 4) is 5.75 Å². The molecule has 21 heavy (non-hydrogen) atoms. The van der Waals surface area contributed by atoms with Gasteiger partial charge in [0.15, 0.2) is 5.65 Å². The fourth-order valence-corrected chi connectivity index (χ4v) is 2.49. The van der Waals surface area contributed by atoms with Crippen molar-refractivity contribution in [3.63, 3.8) is 0 Å². The number of pyridine rings is 1. The van der Waals surface area contributed by atoms with Gasteiger partial charge in [-0.25, -0.2) is 9.97 Å². The molecular weight excluding hydrogens is 262 g/mol. The lowest BCUT2D eigenvalue weighted by atomic mass is 10.1. The molecule has 4 heteroatoms. The lowest BCUT2D eigenvalue weighted by Gasteiger charge is -2.11. The van der Waals surface area contributed by atoms with Gasteiger partial charge in [-0.15, -0.1) is 0 Å². The van der Waals surface area contributed by atoms with E-state index in [1.54, 1.807) is 12.1 Å². The monoisotopic (exact) mass is 281 g/mol. The summed E-state index contributed by atoms with van der Waals surface area (Å²) in [5, 5.41) is 9.38. The van der Waals surface area contributed by atoms with Crippen molar-refractivity contribution in [3.05, 3.63) is 54.0 Å². The van der Waals surface area contributed by atoms with Crippen LogP contribution in [0.3, 0.4) is 0 Å². The van der Waals surface area contributed by atoms with Gasteiger partial charge in [0.2, 0.25) is 0 Å². The third-order valence-corrected chi connectivity index (χ3v) is 3.43. The molecule has 0 bridgehead atoms. The number of phenols is 1. The molecule has 3 aromatic rings. The number of phenolic OH excluding ortho intramolecular Hbond substituents is 1. The van der Waals surface area contributed by atoms with Gasteiger partial charge in [0, 0.05) is 19.2 Å². The molecular formula is C17H19N3O. The average Bonchev–Trinajstić information content (AvgIpc) is 2.79. The summed E-state index contributed by atoms with van der Waals surface area (Å²) < 4.78 is 2.20. The second-order valence-corrected chi connectivity index (χ2v) is 5.72. The second-order valence-electron chi connectivity index (χ2n) is 5.72. The summed E-state index contributed by atoms with van der Waals surface area (Å²) in [6, 6.07) is 11.2. The van der Waals surface area contributed by atoms with Gasteiger partial charge in [-0.1, -0.05) is 26.0 Å². The van der Waals surface area contributed by atoms with Gasteiger partial charge < -0.3 is 9.67 Å². The number of aromatic nitrogens is 3. The Kier molecular flexibility index (Phi) is 3.60. The Hall–Kier alpha value is -2.36. The lowest BCUT2D eigenvalue weighted by molar-refractivity contribution is 0.475. The van der Waals surface area contributed by atoms with Crippen LogP contribution in [0, 0.1) is 5.92 Å². The Morgan fingerprint density at radius 2 is 1.90 bits per heavy atom. The highest BCUT2D eigenvalue weighted by atomic mass is 16.3. The van der Waals surface area contributed by atoms with E-state index >= 15 is 0 Å². The largest absolute Gasteiger partial charge is 0.508 e. The topological polar surface area (TPSA) is 50.9 Å². The van der Waals surface area contributed by atoms with E-state index in [1.807, 2.05) is 30.5 Å². The Morgan fingerprint density at radius 3 is 2.62 bits per heavy atom. The van der Waals surface area contributed by atoms with E-state index in [-0.39, 0.29) is 5.75 Å². The summed E-state index contributed by atoms with van der Waals surface area (Å²) in [5.41, 5.74) is 3.01. The fourth-order valence-electron chi connectivity index (χ4n) is 2.49. The van der Waals surface area contributed by atoms with Crippen LogP contribution in [-0.4, -0.2) is 19.6 Å². The minimum atomic E-state index is 0.288. The zero-order chi connectivity index (χ0) is 14.8. The predicted octanol–water partition coefficient (Wildman–Crippen LogP) is 3.38. The van der Waals surface area contributed by atoms with Gasteiger partial charge in [0.05, 0.1) is 0 Å². The molecule has 0 saturated carbocycles. The van der Waals surface area contributed by atoms with E-state index in [4.69, 9.17) is 4.98 Å². The highest BCUT2D eigenvalue weighted by Gasteiger charge is 2.13. The van der Waals surface area contributed by atoms with Crippen molar-refractivity contribution in [2.45, 2.75) is 26.8 Å². The van der Waals surface area contributed by atoms with E-state index in [0.717, 1.165) is 35.5 Å². The highest BCUT2D eigenvalue weighted by Crippen LogP contribution is 2.19. The van der Waals surface area contributed by atoms with Crippen molar-refractivity contribution >= 4 is 11.2 Å². The molecule has 0 aliphatic heterocycles. The zero-order valence-corrected chi connectivity index (χ0v) is 12.3. The lowest BCUT2D eigenvalue weighted by Crippen LogP contribution is -2.09. The summed E-state index contributed by atoms with van der Waals surface area (Å²) in [5.74, 6) is 1.84. The van der Waals surface area contributed by atoms with Crippen LogP contribution in [0.4, 0.5) is 0 Å². The van der Waals surface area contributed by atoms with Gasteiger partial charge in [-0.3, -0.25) is 0 Å². The first-order chi connectivity index (χ1) is 10.1. The minimum absolute atomic E-state index is 0.288. The summed E-state index contributed by atoms with van der Waals surface area (Å²) >= 11 is 0. The van der Waals surface area contributed by atoms with Crippen LogP contribution in [0.5, 0.6) is 5.75 Å². The highest BCUT2D eigenvalue weighted by molar-refractivity contribution is 5.71. The number of rotatable bonds is 4. The minimum Gasteiger partial charge on any atom is -0.508 e. The van der Waals surface area contributed by atoms with Crippen LogP contribution in [0.2, 0.25) is 0 Å². The third-order valence-electron chi connectivity index (χ3n) is 3.43. The number of hydrogen-bond acceptors (Lipinski definition) is 3. The van der Waals surface area contributed by atoms with Crippen LogP contribution < -0.4 is 0 Å². The van der Waals surface area contributed by atoms with Gasteiger partial charge in [0.25, 0.3) is 0 Å². The van der Waals surface area contributed by atoms with E-state index in [0.29, 0.717) is 5.92 Å². The number of imidazole rings is 1. The molecule has 108 valence electrons. The van der Waals surface area contributed by atoms with Crippen LogP contribution in [0.15, 0.2) is 42.6 Å². The van der Waals surface area contributed by atoms with Crippen molar-refractivity contribution < 1.29 is 5.11 Å². The van der Waals surface area contributed by atoms with Crippen LogP contribution in [0.25, 0.3) is 11.2 Å². The van der Waals surface area contributed by atoms with Crippen molar-refractivity contribution in [1.82, 2.24) is 14.5 Å². The van der Waals surface area contributed by atoms with Crippen LogP contribution in [0.1, 0.15) is 25.2 Å². The number of nitrogens with zero attached hydrogens (tertiary/aromatic N) is 3. The maximum Gasteiger partial charge on any atom is 0.160 e. The van der Waals surface area contributed by atoms with E-state index < -0.39 is 0 Å². The molecule has 0 spiro atoms. The van der Waals surface area contributed by atoms with Gasteiger partial charge >= 0.3 is 0 Å². The van der Waals surface area contributed by atoms with Gasteiger partial charge in [-0.05, 0) is 35.7 Å². The quantitative estimate of drug-likeness (QED) is 0.797. The molecule has 1 aromatic carbocycles. The van der Waals surface area contributed by atoms with Gasteiger partial charge in [0.1, 0.15) is 17.1 Å². The molecule has 0 aliphatic carbocycles. The fraction of sp³-hybridized carbons (Fsp3) is 0.294. The Labute approximate surface area is 124 Å². The first-order valence-electron chi connectivity index (χ1n) is 7.21. The summed E-state index contributed by atoms with van der Waals surface area (Å²) in [4.78, 5) is 9.19. The molecule has 0 fully saturated rings. The SMILES string of the molecule is CC(C)Cn1c(Cc2ccc(O)cc2)nc2cccnc21. The molecule has 1 N–H and O–H groups in total. The molecule has 2 aromatic heterocycles. The standard InChI is InChI=1S/C17H19N3O/c1-12(2)11-20-16(10-13-5-7-14(21)8-6-13)19-15-4-3-9-18-17(15)20/h3-9,12,21H,10-11H2,1-2H3. The number of aromatic hydroxyl groups is 1. The molecule has 2 heterocycles. The first kappa shape index (κ1) is 13.6. The summed E-state index contributed by atoms with van der Waals surface area (Å²) in [7, 11) is 0. The Bertz CT molecular complexity index is 744. The Balaban J connectivity index is 2.02. The van der Waals surface area contributed by atoms with Crippen molar-refractivity contribution in [1.29, 1.82) is 0 Å². The van der Waals surface area contributed by atoms with E-state index in [9.17, 15) is 5.11 Å². The first-order valence-corrected chi connectivity index (χ1v) is 7.21. The Morgan fingerprint density at radius 1 is 1.14 bits per heavy atom. The second kappa shape index (κ2) is 5.56. The summed E-state index contributed by atoms with van der Waals surface area (Å²) in [6.45, 7) is 5.29. The maximum atomic E-state index is 9.38. The normalized spacial score (nSPS) is 11.4. The molecule has 0 atom stereocenters.